The Hall–Kier alpha value is -1.91. The highest BCUT2D eigenvalue weighted by molar-refractivity contribution is 6.34. The van der Waals surface area contributed by atoms with Gasteiger partial charge in [0.15, 0.2) is 17.2 Å². The molecule has 0 aliphatic carbocycles. The zero-order valence-corrected chi connectivity index (χ0v) is 11.9. The summed E-state index contributed by atoms with van der Waals surface area (Å²) in [5.74, 6) is -1.17. The van der Waals surface area contributed by atoms with E-state index in [1.54, 1.807) is 13.1 Å². The lowest BCUT2D eigenvalue weighted by Crippen LogP contribution is -2.17. The van der Waals surface area contributed by atoms with E-state index in [-0.39, 0.29) is 6.04 Å². The predicted molar refractivity (Wildman–Crippen MR) is 78.5 cm³/mol. The van der Waals surface area contributed by atoms with Crippen molar-refractivity contribution in [2.75, 3.05) is 7.05 Å². The molecule has 0 spiro atoms. The van der Waals surface area contributed by atoms with Gasteiger partial charge in [-0.1, -0.05) is 29.8 Å². The molecule has 0 saturated carbocycles. The van der Waals surface area contributed by atoms with Crippen molar-refractivity contribution < 1.29 is 13.2 Å². The van der Waals surface area contributed by atoms with Gasteiger partial charge in [-0.25, -0.2) is 8.78 Å². The maximum absolute atomic E-state index is 13.4. The Morgan fingerprint density at radius 1 is 1.10 bits per heavy atom. The molecule has 1 N–H and O–H groups in total. The number of para-hydroxylation sites is 1. The van der Waals surface area contributed by atoms with Gasteiger partial charge in [0, 0.05) is 5.39 Å². The van der Waals surface area contributed by atoms with Crippen molar-refractivity contribution in [3.8, 4) is 0 Å². The van der Waals surface area contributed by atoms with Gasteiger partial charge in [-0.05, 0) is 36.9 Å². The third-order valence-electron chi connectivity index (χ3n) is 3.37. The predicted octanol–water partition coefficient (Wildman–Crippen LogP) is 4.67. The van der Waals surface area contributed by atoms with E-state index in [2.05, 4.69) is 5.32 Å². The first-order valence-corrected chi connectivity index (χ1v) is 6.78. The normalized spacial score (nSPS) is 12.8. The molecule has 0 amide bonds. The molecule has 0 aliphatic heterocycles. The summed E-state index contributed by atoms with van der Waals surface area (Å²) in [6.07, 6.45) is 0. The molecule has 0 saturated heterocycles. The Labute approximate surface area is 125 Å². The van der Waals surface area contributed by atoms with Gasteiger partial charge in [0.1, 0.15) is 5.76 Å². The standard InChI is InChI=1S/C16H12ClF2NO/c1-20-15(9-5-6-12(18)13(19)7-9)14-8-10-3-2-4-11(17)16(10)21-14/h2-8,15,20H,1H3. The summed E-state index contributed by atoms with van der Waals surface area (Å²) >= 11 is 6.09. The summed E-state index contributed by atoms with van der Waals surface area (Å²) in [4.78, 5) is 0. The second-order valence-electron chi connectivity index (χ2n) is 4.70. The van der Waals surface area contributed by atoms with E-state index >= 15 is 0 Å². The van der Waals surface area contributed by atoms with Gasteiger partial charge in [-0.3, -0.25) is 0 Å². The highest BCUT2D eigenvalue weighted by atomic mass is 35.5. The summed E-state index contributed by atoms with van der Waals surface area (Å²) < 4.78 is 32.2. The number of hydrogen-bond donors (Lipinski definition) is 1. The molecule has 0 fully saturated rings. The SMILES string of the molecule is CNC(c1ccc(F)c(F)c1)c1cc2cccc(Cl)c2o1. The van der Waals surface area contributed by atoms with E-state index in [9.17, 15) is 8.78 Å². The molecule has 3 aromatic rings. The van der Waals surface area contributed by atoms with Crippen LogP contribution in [0.15, 0.2) is 46.9 Å². The van der Waals surface area contributed by atoms with Crippen molar-refractivity contribution >= 4 is 22.6 Å². The zero-order valence-electron chi connectivity index (χ0n) is 11.2. The fourth-order valence-electron chi connectivity index (χ4n) is 2.35. The fourth-order valence-corrected chi connectivity index (χ4v) is 2.58. The van der Waals surface area contributed by atoms with Crippen LogP contribution < -0.4 is 5.32 Å². The van der Waals surface area contributed by atoms with Crippen molar-refractivity contribution in [2.24, 2.45) is 0 Å². The molecular weight excluding hydrogens is 296 g/mol. The minimum atomic E-state index is -0.887. The Balaban J connectivity index is 2.09. The molecule has 108 valence electrons. The van der Waals surface area contributed by atoms with Gasteiger partial charge in [0.25, 0.3) is 0 Å². The molecule has 2 nitrogen and oxygen atoms in total. The topological polar surface area (TPSA) is 25.2 Å². The Morgan fingerprint density at radius 3 is 2.57 bits per heavy atom. The Kier molecular flexibility index (Phi) is 3.66. The van der Waals surface area contributed by atoms with Crippen LogP contribution in [0.25, 0.3) is 11.0 Å². The second kappa shape index (κ2) is 5.47. The van der Waals surface area contributed by atoms with Gasteiger partial charge in [0.2, 0.25) is 0 Å². The smallest absolute Gasteiger partial charge is 0.159 e. The lowest BCUT2D eigenvalue weighted by molar-refractivity contribution is 0.481. The number of fused-ring (bicyclic) bond motifs is 1. The van der Waals surface area contributed by atoms with Crippen LogP contribution in [0, 0.1) is 11.6 Å². The summed E-state index contributed by atoms with van der Waals surface area (Å²) in [6, 6.07) is 10.7. The molecule has 5 heteroatoms. The quantitative estimate of drug-likeness (QED) is 0.760. The molecule has 3 rings (SSSR count). The van der Waals surface area contributed by atoms with Crippen LogP contribution in [0.4, 0.5) is 8.78 Å². The molecule has 0 bridgehead atoms. The van der Waals surface area contributed by atoms with E-state index < -0.39 is 11.6 Å². The lowest BCUT2D eigenvalue weighted by atomic mass is 10.0. The molecule has 1 atom stereocenters. The third-order valence-corrected chi connectivity index (χ3v) is 3.66. The average Bonchev–Trinajstić information content (AvgIpc) is 2.89. The van der Waals surface area contributed by atoms with Crippen LogP contribution in [0.3, 0.4) is 0 Å². The van der Waals surface area contributed by atoms with Gasteiger partial charge in [-0.2, -0.15) is 0 Å². The minimum absolute atomic E-state index is 0.386. The van der Waals surface area contributed by atoms with Crippen LogP contribution in [-0.4, -0.2) is 7.05 Å². The first-order chi connectivity index (χ1) is 10.1. The van der Waals surface area contributed by atoms with Gasteiger partial charge in [0.05, 0.1) is 11.1 Å². The van der Waals surface area contributed by atoms with E-state index in [1.807, 2.05) is 18.2 Å². The van der Waals surface area contributed by atoms with Crippen molar-refractivity contribution in [2.45, 2.75) is 6.04 Å². The maximum atomic E-state index is 13.4. The van der Waals surface area contributed by atoms with Crippen LogP contribution in [0.5, 0.6) is 0 Å². The van der Waals surface area contributed by atoms with E-state index in [0.29, 0.717) is 21.9 Å². The van der Waals surface area contributed by atoms with Crippen molar-refractivity contribution in [3.63, 3.8) is 0 Å². The summed E-state index contributed by atoms with van der Waals surface area (Å²) in [7, 11) is 1.72. The molecule has 1 aromatic heterocycles. The molecule has 0 aliphatic rings. The minimum Gasteiger partial charge on any atom is -0.457 e. The van der Waals surface area contributed by atoms with Crippen molar-refractivity contribution in [1.29, 1.82) is 0 Å². The van der Waals surface area contributed by atoms with Gasteiger partial charge >= 0.3 is 0 Å². The third kappa shape index (κ3) is 2.52. The van der Waals surface area contributed by atoms with Gasteiger partial charge < -0.3 is 9.73 Å². The monoisotopic (exact) mass is 307 g/mol. The largest absolute Gasteiger partial charge is 0.457 e. The molecule has 2 aromatic carbocycles. The maximum Gasteiger partial charge on any atom is 0.159 e. The number of nitrogens with one attached hydrogen (secondary N) is 1. The van der Waals surface area contributed by atoms with E-state index in [1.165, 1.54) is 6.07 Å². The van der Waals surface area contributed by atoms with Crippen LogP contribution in [-0.2, 0) is 0 Å². The van der Waals surface area contributed by atoms with Gasteiger partial charge in [-0.15, -0.1) is 0 Å². The highest BCUT2D eigenvalue weighted by Crippen LogP contribution is 2.32. The average molecular weight is 308 g/mol. The molecule has 1 heterocycles. The number of hydrogen-bond acceptors (Lipinski definition) is 2. The van der Waals surface area contributed by atoms with E-state index in [0.717, 1.165) is 17.5 Å². The first-order valence-electron chi connectivity index (χ1n) is 6.40. The highest BCUT2D eigenvalue weighted by Gasteiger charge is 2.19. The van der Waals surface area contributed by atoms with Crippen LogP contribution in [0.1, 0.15) is 17.4 Å². The number of halogens is 3. The molecule has 21 heavy (non-hydrogen) atoms. The number of rotatable bonds is 3. The second-order valence-corrected chi connectivity index (χ2v) is 5.11. The van der Waals surface area contributed by atoms with Crippen LogP contribution in [0.2, 0.25) is 5.02 Å². The summed E-state index contributed by atoms with van der Waals surface area (Å²) in [6.45, 7) is 0. The zero-order chi connectivity index (χ0) is 15.0. The van der Waals surface area contributed by atoms with Crippen molar-refractivity contribution in [1.82, 2.24) is 5.32 Å². The lowest BCUT2D eigenvalue weighted by Gasteiger charge is -2.14. The molecule has 1 unspecified atom stereocenters. The summed E-state index contributed by atoms with van der Waals surface area (Å²) in [5.41, 5.74) is 1.16. The number of furan rings is 1. The Bertz CT molecular complexity index is 800. The summed E-state index contributed by atoms with van der Waals surface area (Å²) in [5, 5.41) is 4.41. The van der Waals surface area contributed by atoms with E-state index in [4.69, 9.17) is 16.0 Å². The molecular formula is C16H12ClF2NO. The molecule has 0 radical (unpaired) electrons. The van der Waals surface area contributed by atoms with Crippen LogP contribution >= 0.6 is 11.6 Å². The van der Waals surface area contributed by atoms with Crippen molar-refractivity contribution in [3.05, 3.63) is 70.4 Å². The number of benzene rings is 2. The Morgan fingerprint density at radius 2 is 1.90 bits per heavy atom. The first kappa shape index (κ1) is 14.0. The fraction of sp³-hybridized carbons (Fsp3) is 0.125.